The summed E-state index contributed by atoms with van der Waals surface area (Å²) in [4.78, 5) is 25.4. The zero-order valence-corrected chi connectivity index (χ0v) is 11.9. The van der Waals surface area contributed by atoms with E-state index in [2.05, 4.69) is 11.6 Å². The van der Waals surface area contributed by atoms with Gasteiger partial charge in [0.15, 0.2) is 0 Å². The van der Waals surface area contributed by atoms with Crippen molar-refractivity contribution in [2.24, 2.45) is 4.99 Å². The Kier molecular flexibility index (Phi) is 12.0. The SMILES string of the molecule is C=C(C)C(=O)OCCCCCCN=CCCCC=O. The van der Waals surface area contributed by atoms with Crippen molar-refractivity contribution in [2.45, 2.75) is 51.9 Å². The number of hydrogen-bond acceptors (Lipinski definition) is 4. The summed E-state index contributed by atoms with van der Waals surface area (Å²) in [6.45, 7) is 6.48. The van der Waals surface area contributed by atoms with E-state index in [1.165, 1.54) is 0 Å². The summed E-state index contributed by atoms with van der Waals surface area (Å²) >= 11 is 0. The van der Waals surface area contributed by atoms with Crippen LogP contribution in [0.2, 0.25) is 0 Å². The van der Waals surface area contributed by atoms with Crippen LogP contribution in [0, 0.1) is 0 Å². The van der Waals surface area contributed by atoms with Crippen molar-refractivity contribution in [3.8, 4) is 0 Å². The van der Waals surface area contributed by atoms with Crippen molar-refractivity contribution >= 4 is 18.5 Å². The van der Waals surface area contributed by atoms with Gasteiger partial charge in [0.2, 0.25) is 0 Å². The first-order valence-electron chi connectivity index (χ1n) is 6.93. The highest BCUT2D eigenvalue weighted by Crippen LogP contribution is 2.02. The number of rotatable bonds is 12. The van der Waals surface area contributed by atoms with Gasteiger partial charge in [0, 0.05) is 18.5 Å². The van der Waals surface area contributed by atoms with E-state index in [-0.39, 0.29) is 5.97 Å². The molecule has 0 amide bonds. The predicted molar refractivity (Wildman–Crippen MR) is 77.5 cm³/mol. The second kappa shape index (κ2) is 13.0. The quantitative estimate of drug-likeness (QED) is 0.179. The minimum absolute atomic E-state index is 0.306. The first-order chi connectivity index (χ1) is 9.18. The Bertz CT molecular complexity index is 298. The number of ether oxygens (including phenoxy) is 1. The van der Waals surface area contributed by atoms with Crippen LogP contribution in [0.25, 0.3) is 0 Å². The summed E-state index contributed by atoms with van der Waals surface area (Å²) in [7, 11) is 0. The smallest absolute Gasteiger partial charge is 0.333 e. The fourth-order valence-corrected chi connectivity index (χ4v) is 1.42. The molecule has 0 N–H and O–H groups in total. The van der Waals surface area contributed by atoms with Crippen LogP contribution >= 0.6 is 0 Å². The molecule has 0 atom stereocenters. The third-order valence-electron chi connectivity index (χ3n) is 2.55. The Labute approximate surface area is 115 Å². The highest BCUT2D eigenvalue weighted by atomic mass is 16.5. The summed E-state index contributed by atoms with van der Waals surface area (Å²) in [5.74, 6) is -0.306. The van der Waals surface area contributed by atoms with Crippen LogP contribution in [-0.2, 0) is 14.3 Å². The van der Waals surface area contributed by atoms with Crippen LogP contribution in [0.3, 0.4) is 0 Å². The molecule has 0 fully saturated rings. The molecular formula is C15H25NO3. The second-order valence-electron chi connectivity index (χ2n) is 4.52. The standard InChI is InChI=1S/C15H25NO3/c1-14(2)15(18)19-13-9-4-3-6-10-16-11-7-5-8-12-17/h11-12H,1,3-10,13H2,2H3. The summed E-state index contributed by atoms with van der Waals surface area (Å²) in [5.41, 5.74) is 0.448. The number of aldehydes is 1. The number of carbonyl (C=O) groups excluding carboxylic acids is 2. The molecule has 19 heavy (non-hydrogen) atoms. The van der Waals surface area contributed by atoms with E-state index in [1.54, 1.807) is 6.92 Å². The highest BCUT2D eigenvalue weighted by molar-refractivity contribution is 5.86. The van der Waals surface area contributed by atoms with Crippen molar-refractivity contribution < 1.29 is 14.3 Å². The molecule has 4 heteroatoms. The van der Waals surface area contributed by atoms with Gasteiger partial charge in [-0.3, -0.25) is 4.99 Å². The molecule has 0 saturated heterocycles. The summed E-state index contributed by atoms with van der Waals surface area (Å²) in [5, 5.41) is 0. The molecule has 0 aromatic heterocycles. The Hall–Kier alpha value is -1.45. The molecule has 0 aliphatic rings. The topological polar surface area (TPSA) is 55.7 Å². The maximum atomic E-state index is 11.1. The summed E-state index contributed by atoms with van der Waals surface area (Å²) in [6.07, 6.45) is 9.32. The van der Waals surface area contributed by atoms with Gasteiger partial charge in [-0.1, -0.05) is 13.0 Å². The lowest BCUT2D eigenvalue weighted by molar-refractivity contribution is -0.139. The molecule has 0 radical (unpaired) electrons. The van der Waals surface area contributed by atoms with Crippen LogP contribution in [0.15, 0.2) is 17.1 Å². The Morgan fingerprint density at radius 3 is 2.58 bits per heavy atom. The normalized spacial score (nSPS) is 10.6. The monoisotopic (exact) mass is 267 g/mol. The summed E-state index contributed by atoms with van der Waals surface area (Å²) < 4.78 is 4.99. The number of unbranched alkanes of at least 4 members (excludes halogenated alkanes) is 5. The van der Waals surface area contributed by atoms with E-state index < -0.39 is 0 Å². The fraction of sp³-hybridized carbons (Fsp3) is 0.667. The van der Waals surface area contributed by atoms with Crippen molar-refractivity contribution in [3.05, 3.63) is 12.2 Å². The zero-order chi connectivity index (χ0) is 14.3. The van der Waals surface area contributed by atoms with Crippen molar-refractivity contribution in [2.75, 3.05) is 13.2 Å². The lowest BCUT2D eigenvalue weighted by Crippen LogP contribution is -2.06. The Morgan fingerprint density at radius 2 is 1.89 bits per heavy atom. The fourth-order valence-electron chi connectivity index (χ4n) is 1.42. The number of aliphatic imine (C=N–C) groups is 1. The molecule has 0 aliphatic carbocycles. The molecular weight excluding hydrogens is 242 g/mol. The number of nitrogens with zero attached hydrogens (tertiary/aromatic N) is 1. The molecule has 0 saturated carbocycles. The molecule has 0 aliphatic heterocycles. The molecule has 0 unspecified atom stereocenters. The van der Waals surface area contributed by atoms with Crippen LogP contribution in [0.5, 0.6) is 0 Å². The van der Waals surface area contributed by atoms with E-state index in [0.29, 0.717) is 18.6 Å². The van der Waals surface area contributed by atoms with Crippen LogP contribution in [0.4, 0.5) is 0 Å². The van der Waals surface area contributed by atoms with E-state index in [1.807, 2.05) is 6.21 Å². The van der Waals surface area contributed by atoms with Crippen molar-refractivity contribution in [1.29, 1.82) is 0 Å². The first-order valence-corrected chi connectivity index (χ1v) is 6.93. The first kappa shape index (κ1) is 17.6. The third kappa shape index (κ3) is 12.8. The maximum absolute atomic E-state index is 11.1. The van der Waals surface area contributed by atoms with Gasteiger partial charge in [0.25, 0.3) is 0 Å². The van der Waals surface area contributed by atoms with Gasteiger partial charge in [-0.15, -0.1) is 0 Å². The van der Waals surface area contributed by atoms with E-state index >= 15 is 0 Å². The molecule has 0 spiro atoms. The van der Waals surface area contributed by atoms with E-state index in [4.69, 9.17) is 4.74 Å². The Balaban J connectivity index is 3.20. The van der Waals surface area contributed by atoms with Crippen molar-refractivity contribution in [1.82, 2.24) is 0 Å². The number of hydrogen-bond donors (Lipinski definition) is 0. The van der Waals surface area contributed by atoms with Crippen molar-refractivity contribution in [3.63, 3.8) is 0 Å². The molecule has 0 aromatic carbocycles. The largest absolute Gasteiger partial charge is 0.462 e. The maximum Gasteiger partial charge on any atom is 0.333 e. The molecule has 0 aromatic rings. The van der Waals surface area contributed by atoms with Gasteiger partial charge in [-0.05, 0) is 45.2 Å². The van der Waals surface area contributed by atoms with Gasteiger partial charge >= 0.3 is 5.97 Å². The zero-order valence-electron chi connectivity index (χ0n) is 11.9. The minimum Gasteiger partial charge on any atom is -0.462 e. The van der Waals surface area contributed by atoms with Gasteiger partial charge in [0.05, 0.1) is 6.61 Å². The van der Waals surface area contributed by atoms with Gasteiger partial charge in [0.1, 0.15) is 6.29 Å². The van der Waals surface area contributed by atoms with Gasteiger partial charge in [-0.2, -0.15) is 0 Å². The number of esters is 1. The molecule has 4 nitrogen and oxygen atoms in total. The van der Waals surface area contributed by atoms with Gasteiger partial charge < -0.3 is 9.53 Å². The third-order valence-corrected chi connectivity index (χ3v) is 2.55. The average molecular weight is 267 g/mol. The molecule has 0 bridgehead atoms. The lowest BCUT2D eigenvalue weighted by Gasteiger charge is -2.03. The highest BCUT2D eigenvalue weighted by Gasteiger charge is 2.01. The van der Waals surface area contributed by atoms with E-state index in [9.17, 15) is 9.59 Å². The molecule has 0 heterocycles. The Morgan fingerprint density at radius 1 is 1.16 bits per heavy atom. The number of carbonyl (C=O) groups is 2. The van der Waals surface area contributed by atoms with Crippen LogP contribution in [0.1, 0.15) is 51.9 Å². The average Bonchev–Trinajstić information content (AvgIpc) is 2.39. The molecule has 0 rings (SSSR count). The second-order valence-corrected chi connectivity index (χ2v) is 4.52. The van der Waals surface area contributed by atoms with E-state index in [0.717, 1.165) is 51.4 Å². The van der Waals surface area contributed by atoms with Crippen LogP contribution < -0.4 is 0 Å². The van der Waals surface area contributed by atoms with Crippen LogP contribution in [-0.4, -0.2) is 31.6 Å². The molecule has 108 valence electrons. The lowest BCUT2D eigenvalue weighted by atomic mass is 10.2. The minimum atomic E-state index is -0.306. The van der Waals surface area contributed by atoms with Gasteiger partial charge in [-0.25, -0.2) is 4.79 Å². The summed E-state index contributed by atoms with van der Waals surface area (Å²) in [6, 6.07) is 0. The predicted octanol–water partition coefficient (Wildman–Crippen LogP) is 3.11.